The third-order valence-electron chi connectivity index (χ3n) is 4.46. The van der Waals surface area contributed by atoms with Crippen LogP contribution < -0.4 is 4.74 Å². The molecule has 0 saturated carbocycles. The van der Waals surface area contributed by atoms with Crippen molar-refractivity contribution in [1.29, 1.82) is 5.26 Å². The van der Waals surface area contributed by atoms with E-state index in [1.165, 1.54) is 0 Å². The van der Waals surface area contributed by atoms with Crippen molar-refractivity contribution in [3.8, 4) is 11.8 Å². The fourth-order valence-corrected chi connectivity index (χ4v) is 2.89. The van der Waals surface area contributed by atoms with Gasteiger partial charge < -0.3 is 14.4 Å². The van der Waals surface area contributed by atoms with Crippen LogP contribution in [0.4, 0.5) is 0 Å². The van der Waals surface area contributed by atoms with Gasteiger partial charge in [0, 0.05) is 32.7 Å². The van der Waals surface area contributed by atoms with Gasteiger partial charge in [-0.2, -0.15) is 5.26 Å². The molecule has 1 heterocycles. The smallest absolute Gasteiger partial charge is 0.227 e. The van der Waals surface area contributed by atoms with Gasteiger partial charge in [-0.25, -0.2) is 0 Å². The first-order valence-electron chi connectivity index (χ1n) is 8.72. The molecule has 1 amide bonds. The zero-order chi connectivity index (χ0) is 18.1. The number of ether oxygens (including phenoxy) is 2. The second kappa shape index (κ2) is 10.0. The molecule has 0 radical (unpaired) electrons. The van der Waals surface area contributed by atoms with Crippen LogP contribution in [0, 0.1) is 18.3 Å². The SMILES string of the molecule is COc1cc(CC(=O)N(CCC#N)CCN2CCOCC2)ccc1C. The van der Waals surface area contributed by atoms with Gasteiger partial charge in [0.25, 0.3) is 0 Å². The summed E-state index contributed by atoms with van der Waals surface area (Å²) in [7, 11) is 1.63. The van der Waals surface area contributed by atoms with E-state index in [4.69, 9.17) is 14.7 Å². The Labute approximate surface area is 149 Å². The Hall–Kier alpha value is -2.10. The lowest BCUT2D eigenvalue weighted by atomic mass is 10.1. The maximum Gasteiger partial charge on any atom is 0.227 e. The molecule has 136 valence electrons. The van der Waals surface area contributed by atoms with Crippen LogP contribution in [0.25, 0.3) is 0 Å². The molecule has 0 bridgehead atoms. The normalized spacial score (nSPS) is 14.8. The topological polar surface area (TPSA) is 65.8 Å². The monoisotopic (exact) mass is 345 g/mol. The number of amides is 1. The molecule has 1 aliphatic rings. The van der Waals surface area contributed by atoms with E-state index in [2.05, 4.69) is 11.0 Å². The summed E-state index contributed by atoms with van der Waals surface area (Å²) in [5, 5.41) is 8.87. The van der Waals surface area contributed by atoms with Gasteiger partial charge in [-0.1, -0.05) is 12.1 Å². The van der Waals surface area contributed by atoms with E-state index in [0.29, 0.717) is 25.9 Å². The molecule has 0 aromatic heterocycles. The number of benzene rings is 1. The van der Waals surface area contributed by atoms with Gasteiger partial charge in [-0.3, -0.25) is 9.69 Å². The molecule has 2 rings (SSSR count). The Morgan fingerprint density at radius 1 is 1.36 bits per heavy atom. The van der Waals surface area contributed by atoms with Gasteiger partial charge >= 0.3 is 0 Å². The van der Waals surface area contributed by atoms with Crippen LogP contribution in [0.15, 0.2) is 18.2 Å². The average molecular weight is 345 g/mol. The molecule has 25 heavy (non-hydrogen) atoms. The van der Waals surface area contributed by atoms with E-state index < -0.39 is 0 Å². The maximum atomic E-state index is 12.7. The Kier molecular flexibility index (Phi) is 7.71. The highest BCUT2D eigenvalue weighted by Gasteiger charge is 2.17. The van der Waals surface area contributed by atoms with Crippen molar-refractivity contribution in [1.82, 2.24) is 9.80 Å². The number of morpholine rings is 1. The first-order valence-corrected chi connectivity index (χ1v) is 8.72. The van der Waals surface area contributed by atoms with Crippen molar-refractivity contribution < 1.29 is 14.3 Å². The second-order valence-electron chi connectivity index (χ2n) is 6.22. The van der Waals surface area contributed by atoms with Gasteiger partial charge in [0.05, 0.1) is 39.2 Å². The van der Waals surface area contributed by atoms with Crippen molar-refractivity contribution >= 4 is 5.91 Å². The number of rotatable bonds is 8. The molecule has 1 aliphatic heterocycles. The molecule has 0 atom stereocenters. The highest BCUT2D eigenvalue weighted by molar-refractivity contribution is 5.79. The number of carbonyl (C=O) groups is 1. The fraction of sp³-hybridized carbons (Fsp3) is 0.579. The highest BCUT2D eigenvalue weighted by atomic mass is 16.5. The zero-order valence-corrected chi connectivity index (χ0v) is 15.2. The van der Waals surface area contributed by atoms with Crippen LogP contribution in [-0.2, 0) is 16.0 Å². The molecule has 0 N–H and O–H groups in total. The molecule has 6 heteroatoms. The molecule has 1 aromatic rings. The van der Waals surface area contributed by atoms with Crippen molar-refractivity contribution in [3.63, 3.8) is 0 Å². The number of nitrogens with zero attached hydrogens (tertiary/aromatic N) is 3. The molecule has 0 spiro atoms. The van der Waals surface area contributed by atoms with E-state index in [1.54, 1.807) is 12.0 Å². The standard InChI is InChI=1S/C19H27N3O3/c1-16-4-5-17(14-18(16)24-2)15-19(23)22(7-3-6-20)9-8-21-10-12-25-13-11-21/h4-5,14H,3,7-13,15H2,1-2H3. The number of hydrogen-bond acceptors (Lipinski definition) is 5. The number of hydrogen-bond donors (Lipinski definition) is 0. The minimum Gasteiger partial charge on any atom is -0.496 e. The van der Waals surface area contributed by atoms with Crippen molar-refractivity contribution in [3.05, 3.63) is 29.3 Å². The van der Waals surface area contributed by atoms with Crippen molar-refractivity contribution in [2.45, 2.75) is 19.8 Å². The summed E-state index contributed by atoms with van der Waals surface area (Å²) in [5.74, 6) is 0.844. The van der Waals surface area contributed by atoms with Crippen LogP contribution in [0.5, 0.6) is 5.75 Å². The van der Waals surface area contributed by atoms with Crippen LogP contribution >= 0.6 is 0 Å². The van der Waals surface area contributed by atoms with Crippen molar-refractivity contribution in [2.24, 2.45) is 0 Å². The largest absolute Gasteiger partial charge is 0.496 e. The Bertz CT molecular complexity index is 606. The maximum absolute atomic E-state index is 12.7. The summed E-state index contributed by atoms with van der Waals surface area (Å²) in [5.41, 5.74) is 1.98. The van der Waals surface area contributed by atoms with E-state index >= 15 is 0 Å². The van der Waals surface area contributed by atoms with Gasteiger partial charge in [0.2, 0.25) is 5.91 Å². The lowest BCUT2D eigenvalue weighted by molar-refractivity contribution is -0.130. The summed E-state index contributed by atoms with van der Waals surface area (Å²) >= 11 is 0. The molecule has 1 fully saturated rings. The summed E-state index contributed by atoms with van der Waals surface area (Å²) < 4.78 is 10.7. The van der Waals surface area contributed by atoms with Gasteiger partial charge in [-0.05, 0) is 24.1 Å². The highest BCUT2D eigenvalue weighted by Crippen LogP contribution is 2.19. The fourth-order valence-electron chi connectivity index (χ4n) is 2.89. The van der Waals surface area contributed by atoms with Crippen LogP contribution in [-0.4, -0.2) is 68.8 Å². The van der Waals surface area contributed by atoms with E-state index in [-0.39, 0.29) is 5.91 Å². The summed E-state index contributed by atoms with van der Waals surface area (Å²) in [4.78, 5) is 16.8. The molecule has 6 nitrogen and oxygen atoms in total. The number of methoxy groups -OCH3 is 1. The Balaban J connectivity index is 1.95. The molecular weight excluding hydrogens is 318 g/mol. The molecular formula is C19H27N3O3. The van der Waals surface area contributed by atoms with Crippen molar-refractivity contribution in [2.75, 3.05) is 53.0 Å². The van der Waals surface area contributed by atoms with E-state index in [9.17, 15) is 4.79 Å². The zero-order valence-electron chi connectivity index (χ0n) is 15.2. The predicted octanol–water partition coefficient (Wildman–Crippen LogP) is 1.62. The van der Waals surface area contributed by atoms with E-state index in [1.807, 2.05) is 25.1 Å². The third-order valence-corrected chi connectivity index (χ3v) is 4.46. The second-order valence-corrected chi connectivity index (χ2v) is 6.22. The third kappa shape index (κ3) is 6.04. The Morgan fingerprint density at radius 2 is 2.12 bits per heavy atom. The van der Waals surface area contributed by atoms with Gasteiger partial charge in [0.1, 0.15) is 5.75 Å². The molecule has 1 saturated heterocycles. The Morgan fingerprint density at radius 3 is 2.80 bits per heavy atom. The first kappa shape index (κ1) is 19.2. The predicted molar refractivity (Wildman–Crippen MR) is 95.5 cm³/mol. The lowest BCUT2D eigenvalue weighted by Crippen LogP contribution is -2.43. The molecule has 0 unspecified atom stereocenters. The summed E-state index contributed by atoms with van der Waals surface area (Å²) in [6.45, 7) is 7.20. The number of carbonyl (C=O) groups excluding carboxylic acids is 1. The number of nitriles is 1. The van der Waals surface area contributed by atoms with Crippen LogP contribution in [0.2, 0.25) is 0 Å². The first-order chi connectivity index (χ1) is 12.1. The number of aryl methyl sites for hydroxylation is 1. The van der Waals surface area contributed by atoms with Gasteiger partial charge in [-0.15, -0.1) is 0 Å². The molecule has 1 aromatic carbocycles. The average Bonchev–Trinajstić information content (AvgIpc) is 2.64. The quantitative estimate of drug-likeness (QED) is 0.716. The molecule has 0 aliphatic carbocycles. The van der Waals surface area contributed by atoms with Gasteiger partial charge in [0.15, 0.2) is 0 Å². The minimum atomic E-state index is 0.0504. The lowest BCUT2D eigenvalue weighted by Gasteiger charge is -2.30. The van der Waals surface area contributed by atoms with Crippen LogP contribution in [0.1, 0.15) is 17.5 Å². The minimum absolute atomic E-state index is 0.0504. The summed E-state index contributed by atoms with van der Waals surface area (Å²) in [6.07, 6.45) is 0.678. The summed E-state index contributed by atoms with van der Waals surface area (Å²) in [6, 6.07) is 7.97. The van der Waals surface area contributed by atoms with E-state index in [0.717, 1.165) is 49.7 Å². The van der Waals surface area contributed by atoms with Crippen LogP contribution in [0.3, 0.4) is 0 Å².